The van der Waals surface area contributed by atoms with E-state index in [1.807, 2.05) is 25.9 Å². The number of aryl methyl sites for hydroxylation is 1. The Morgan fingerprint density at radius 1 is 1.12 bits per heavy atom. The lowest BCUT2D eigenvalue weighted by Crippen LogP contribution is -2.49. The number of nitrogens with zero attached hydrogens (tertiary/aromatic N) is 4. The summed E-state index contributed by atoms with van der Waals surface area (Å²) < 4.78 is 0. The highest BCUT2D eigenvalue weighted by atomic mass is 16.3. The van der Waals surface area contributed by atoms with Gasteiger partial charge in [-0.1, -0.05) is 0 Å². The predicted octanol–water partition coefficient (Wildman–Crippen LogP) is 1.87. The molecule has 1 aliphatic heterocycles. The van der Waals surface area contributed by atoms with Crippen molar-refractivity contribution in [1.82, 2.24) is 19.8 Å². The van der Waals surface area contributed by atoms with Crippen molar-refractivity contribution in [3.8, 4) is 0 Å². The number of aliphatic hydroxyl groups is 1. The average molecular weight is 346 g/mol. The van der Waals surface area contributed by atoms with E-state index < -0.39 is 5.60 Å². The number of rotatable bonds is 3. The van der Waals surface area contributed by atoms with Crippen LogP contribution in [-0.2, 0) is 0 Å². The smallest absolute Gasteiger partial charge is 0.274 e. The van der Waals surface area contributed by atoms with Crippen molar-refractivity contribution in [3.63, 3.8) is 0 Å². The van der Waals surface area contributed by atoms with Gasteiger partial charge in [0.05, 0.1) is 17.5 Å². The second-order valence-corrected chi connectivity index (χ2v) is 8.30. The first-order valence-corrected chi connectivity index (χ1v) is 9.26. The largest absolute Gasteiger partial charge is 0.389 e. The van der Waals surface area contributed by atoms with Crippen molar-refractivity contribution in [3.05, 3.63) is 23.8 Å². The molecule has 1 aromatic heterocycles. The van der Waals surface area contributed by atoms with Crippen LogP contribution < -0.4 is 0 Å². The summed E-state index contributed by atoms with van der Waals surface area (Å²) in [5.74, 6) is -0.0118. The molecule has 6 heteroatoms. The van der Waals surface area contributed by atoms with Crippen LogP contribution in [0.25, 0.3) is 0 Å². The molecule has 1 spiro atoms. The maximum atomic E-state index is 12.6. The summed E-state index contributed by atoms with van der Waals surface area (Å²) in [6.07, 6.45) is 9.11. The van der Waals surface area contributed by atoms with E-state index in [1.165, 1.54) is 0 Å². The molecule has 0 atom stereocenters. The Morgan fingerprint density at radius 2 is 1.76 bits per heavy atom. The lowest BCUT2D eigenvalue weighted by molar-refractivity contribution is -0.0616. The van der Waals surface area contributed by atoms with Crippen LogP contribution in [0.4, 0.5) is 0 Å². The van der Waals surface area contributed by atoms with E-state index in [0.717, 1.165) is 63.9 Å². The van der Waals surface area contributed by atoms with Crippen molar-refractivity contribution in [1.29, 1.82) is 0 Å². The number of aromatic nitrogens is 2. The second kappa shape index (κ2) is 7.00. The van der Waals surface area contributed by atoms with E-state index in [2.05, 4.69) is 14.9 Å². The SMILES string of the molecule is Cc1cnc(C(=O)N2CCC3(CC2)CCC(O)(CN(C)C)CC3)cn1. The molecule has 1 saturated carbocycles. The minimum absolute atomic E-state index is 0.0118. The highest BCUT2D eigenvalue weighted by Gasteiger charge is 2.44. The fraction of sp³-hybridized carbons (Fsp3) is 0.737. The van der Waals surface area contributed by atoms with Crippen molar-refractivity contribution in [2.24, 2.45) is 5.41 Å². The number of hydrogen-bond acceptors (Lipinski definition) is 5. The van der Waals surface area contributed by atoms with Crippen LogP contribution in [0.1, 0.15) is 54.7 Å². The Balaban J connectivity index is 1.55. The zero-order valence-electron chi connectivity index (χ0n) is 15.7. The molecule has 1 amide bonds. The zero-order valence-corrected chi connectivity index (χ0v) is 15.7. The van der Waals surface area contributed by atoms with Gasteiger partial charge in [-0.2, -0.15) is 0 Å². The van der Waals surface area contributed by atoms with Crippen molar-refractivity contribution >= 4 is 5.91 Å². The molecule has 2 aliphatic rings. The number of carbonyl (C=O) groups is 1. The molecule has 2 heterocycles. The molecule has 6 nitrogen and oxygen atoms in total. The molecule has 25 heavy (non-hydrogen) atoms. The maximum absolute atomic E-state index is 12.6. The molecular formula is C19H30N4O2. The molecule has 3 rings (SSSR count). The summed E-state index contributed by atoms with van der Waals surface area (Å²) in [6.45, 7) is 4.16. The Morgan fingerprint density at radius 3 is 2.28 bits per heavy atom. The van der Waals surface area contributed by atoms with Gasteiger partial charge in [0, 0.05) is 25.8 Å². The fourth-order valence-corrected chi connectivity index (χ4v) is 4.34. The van der Waals surface area contributed by atoms with Crippen LogP contribution in [0.5, 0.6) is 0 Å². The van der Waals surface area contributed by atoms with E-state index >= 15 is 0 Å². The summed E-state index contributed by atoms with van der Waals surface area (Å²) >= 11 is 0. The number of hydrogen-bond donors (Lipinski definition) is 1. The lowest BCUT2D eigenvalue weighted by atomic mass is 9.64. The van der Waals surface area contributed by atoms with Crippen LogP contribution >= 0.6 is 0 Å². The molecule has 1 saturated heterocycles. The molecule has 138 valence electrons. The summed E-state index contributed by atoms with van der Waals surface area (Å²) in [6, 6.07) is 0. The number of amides is 1. The van der Waals surface area contributed by atoms with E-state index in [4.69, 9.17) is 0 Å². The van der Waals surface area contributed by atoms with Crippen molar-refractivity contribution in [2.75, 3.05) is 33.7 Å². The van der Waals surface area contributed by atoms with Crippen molar-refractivity contribution in [2.45, 2.75) is 51.0 Å². The zero-order chi connectivity index (χ0) is 18.1. The topological polar surface area (TPSA) is 69.6 Å². The maximum Gasteiger partial charge on any atom is 0.274 e. The van der Waals surface area contributed by atoms with E-state index in [0.29, 0.717) is 11.1 Å². The van der Waals surface area contributed by atoms with Crippen LogP contribution in [0, 0.1) is 12.3 Å². The summed E-state index contributed by atoms with van der Waals surface area (Å²) in [7, 11) is 4.03. The molecule has 2 fully saturated rings. The third-order valence-corrected chi connectivity index (χ3v) is 5.96. The second-order valence-electron chi connectivity index (χ2n) is 8.30. The molecule has 0 unspecified atom stereocenters. The Kier molecular flexibility index (Phi) is 5.11. The van der Waals surface area contributed by atoms with Gasteiger partial charge in [-0.25, -0.2) is 4.98 Å². The predicted molar refractivity (Wildman–Crippen MR) is 96.3 cm³/mol. The van der Waals surface area contributed by atoms with Gasteiger partial charge in [0.25, 0.3) is 5.91 Å². The molecule has 1 N–H and O–H groups in total. The van der Waals surface area contributed by atoms with Gasteiger partial charge in [0.2, 0.25) is 0 Å². The van der Waals surface area contributed by atoms with Gasteiger partial charge in [-0.15, -0.1) is 0 Å². The number of likely N-dealkylation sites (N-methyl/N-ethyl adjacent to an activating group) is 1. The first-order chi connectivity index (χ1) is 11.8. The Hall–Kier alpha value is -1.53. The minimum atomic E-state index is -0.542. The van der Waals surface area contributed by atoms with E-state index in [1.54, 1.807) is 12.4 Å². The first kappa shape index (κ1) is 18.3. The molecular weight excluding hydrogens is 316 g/mol. The van der Waals surface area contributed by atoms with Gasteiger partial charge in [-0.05, 0) is 65.0 Å². The van der Waals surface area contributed by atoms with Gasteiger partial charge in [0.1, 0.15) is 5.69 Å². The third kappa shape index (κ3) is 4.18. The van der Waals surface area contributed by atoms with Crippen molar-refractivity contribution < 1.29 is 9.90 Å². The van der Waals surface area contributed by atoms with Gasteiger partial charge in [-0.3, -0.25) is 9.78 Å². The molecule has 0 aromatic carbocycles. The molecule has 1 aliphatic carbocycles. The molecule has 0 bridgehead atoms. The third-order valence-electron chi connectivity index (χ3n) is 5.96. The normalized spacial score (nSPS) is 22.4. The molecule has 0 radical (unpaired) electrons. The van der Waals surface area contributed by atoms with E-state index in [9.17, 15) is 9.90 Å². The summed E-state index contributed by atoms with van der Waals surface area (Å²) in [4.78, 5) is 25.0. The number of carbonyl (C=O) groups excluding carboxylic acids is 1. The highest BCUT2D eigenvalue weighted by molar-refractivity contribution is 5.92. The quantitative estimate of drug-likeness (QED) is 0.905. The average Bonchev–Trinajstić information content (AvgIpc) is 2.58. The highest BCUT2D eigenvalue weighted by Crippen LogP contribution is 2.47. The molecule has 1 aromatic rings. The standard InChI is InChI=1S/C19H30N4O2/c1-15-12-21-16(13-20-15)17(24)23-10-8-18(9-11-23)4-6-19(25,7-5-18)14-22(2)3/h12-13,25H,4-11,14H2,1-3H3. The van der Waals surface area contributed by atoms with E-state index in [-0.39, 0.29) is 5.91 Å². The van der Waals surface area contributed by atoms with Gasteiger partial charge < -0.3 is 14.9 Å². The number of piperidine rings is 1. The van der Waals surface area contributed by atoms with Gasteiger partial charge in [0.15, 0.2) is 0 Å². The Bertz CT molecular complexity index is 596. The van der Waals surface area contributed by atoms with Gasteiger partial charge >= 0.3 is 0 Å². The first-order valence-electron chi connectivity index (χ1n) is 9.26. The fourth-order valence-electron chi connectivity index (χ4n) is 4.34. The lowest BCUT2D eigenvalue weighted by Gasteiger charge is -2.48. The summed E-state index contributed by atoms with van der Waals surface area (Å²) in [5, 5.41) is 10.7. The van der Waals surface area contributed by atoms with Crippen LogP contribution in [0.15, 0.2) is 12.4 Å². The number of likely N-dealkylation sites (tertiary alicyclic amines) is 1. The summed E-state index contributed by atoms with van der Waals surface area (Å²) in [5.41, 5.74) is 1.01. The van der Waals surface area contributed by atoms with Crippen LogP contribution in [0.2, 0.25) is 0 Å². The van der Waals surface area contributed by atoms with Crippen LogP contribution in [-0.4, -0.2) is 70.1 Å². The van der Waals surface area contributed by atoms with Crippen LogP contribution in [0.3, 0.4) is 0 Å². The Labute approximate surface area is 150 Å². The minimum Gasteiger partial charge on any atom is -0.389 e. The monoisotopic (exact) mass is 346 g/mol.